The monoisotopic (exact) mass is 296 g/mol. The molecule has 1 heterocycles. The summed E-state index contributed by atoms with van der Waals surface area (Å²) in [5, 5.41) is 3.92. The van der Waals surface area contributed by atoms with Crippen molar-refractivity contribution in [2.45, 2.75) is 24.8 Å². The normalized spacial score (nSPS) is 10.9. The fraction of sp³-hybridized carbons (Fsp3) is 0.357. The number of aromatic nitrogens is 1. The molecule has 19 heavy (non-hydrogen) atoms. The smallest absolute Gasteiger partial charge is 0.134 e. The average Bonchev–Trinajstić information content (AvgIpc) is 2.81. The highest BCUT2D eigenvalue weighted by molar-refractivity contribution is 7.98. The molecule has 0 radical (unpaired) electrons. The topological polar surface area (TPSA) is 24.9 Å². The van der Waals surface area contributed by atoms with Crippen LogP contribution in [0.25, 0.3) is 10.6 Å². The van der Waals surface area contributed by atoms with Crippen LogP contribution in [0.4, 0.5) is 4.39 Å². The van der Waals surface area contributed by atoms with Gasteiger partial charge in [0.25, 0.3) is 0 Å². The number of nitrogens with one attached hydrogen (secondary N) is 1. The Morgan fingerprint density at radius 2 is 2.21 bits per heavy atom. The van der Waals surface area contributed by atoms with Gasteiger partial charge >= 0.3 is 0 Å². The van der Waals surface area contributed by atoms with Gasteiger partial charge in [0.1, 0.15) is 10.8 Å². The van der Waals surface area contributed by atoms with Crippen molar-refractivity contribution >= 4 is 23.1 Å². The third-order valence-corrected chi connectivity index (χ3v) is 4.75. The summed E-state index contributed by atoms with van der Waals surface area (Å²) in [6.07, 6.45) is 2.83. The summed E-state index contributed by atoms with van der Waals surface area (Å²) in [6.45, 7) is 2.86. The molecule has 2 nitrogen and oxygen atoms in total. The molecule has 0 saturated carbocycles. The second kappa shape index (κ2) is 6.50. The molecule has 0 unspecified atom stereocenters. The molecular formula is C14H17FN2S2. The van der Waals surface area contributed by atoms with E-state index in [1.165, 1.54) is 10.9 Å². The van der Waals surface area contributed by atoms with Crippen molar-refractivity contribution in [2.24, 2.45) is 0 Å². The van der Waals surface area contributed by atoms with Gasteiger partial charge < -0.3 is 5.32 Å². The van der Waals surface area contributed by atoms with Crippen molar-refractivity contribution in [2.75, 3.05) is 13.3 Å². The molecule has 2 aromatic rings. The van der Waals surface area contributed by atoms with E-state index in [1.807, 2.05) is 19.4 Å². The lowest BCUT2D eigenvalue weighted by molar-refractivity contribution is 0.628. The van der Waals surface area contributed by atoms with E-state index in [2.05, 4.69) is 17.2 Å². The van der Waals surface area contributed by atoms with Crippen molar-refractivity contribution in [1.82, 2.24) is 10.3 Å². The molecule has 0 atom stereocenters. The fourth-order valence-corrected chi connectivity index (χ4v) is 3.85. The summed E-state index contributed by atoms with van der Waals surface area (Å²) in [7, 11) is 1.91. The number of benzene rings is 1. The Kier molecular flexibility index (Phi) is 4.96. The maximum Gasteiger partial charge on any atom is 0.134 e. The van der Waals surface area contributed by atoms with E-state index in [1.54, 1.807) is 29.2 Å². The van der Waals surface area contributed by atoms with E-state index >= 15 is 0 Å². The Morgan fingerprint density at radius 1 is 1.42 bits per heavy atom. The first-order valence-electron chi connectivity index (χ1n) is 6.17. The van der Waals surface area contributed by atoms with Gasteiger partial charge in [-0.05, 0) is 31.9 Å². The van der Waals surface area contributed by atoms with Crippen LogP contribution in [-0.4, -0.2) is 18.3 Å². The minimum atomic E-state index is -0.195. The summed E-state index contributed by atoms with van der Waals surface area (Å²) >= 11 is 3.13. The molecule has 1 aromatic heterocycles. The molecule has 0 fully saturated rings. The molecule has 102 valence electrons. The Labute approximate surface area is 121 Å². The first-order valence-corrected chi connectivity index (χ1v) is 8.21. The van der Waals surface area contributed by atoms with Gasteiger partial charge in [-0.2, -0.15) is 0 Å². The van der Waals surface area contributed by atoms with Gasteiger partial charge in [0.2, 0.25) is 0 Å². The molecule has 0 aliphatic heterocycles. The lowest BCUT2D eigenvalue weighted by Crippen LogP contribution is -2.05. The zero-order chi connectivity index (χ0) is 13.8. The lowest BCUT2D eigenvalue weighted by atomic mass is 10.2. The highest BCUT2D eigenvalue weighted by Crippen LogP contribution is 2.36. The SMILES string of the molecule is CCc1nc(-c2c(F)cccc2SC)sc1CNC. The first kappa shape index (κ1) is 14.5. The third-order valence-electron chi connectivity index (χ3n) is 2.86. The maximum absolute atomic E-state index is 14.1. The van der Waals surface area contributed by atoms with E-state index in [0.29, 0.717) is 5.56 Å². The van der Waals surface area contributed by atoms with Crippen LogP contribution in [0.1, 0.15) is 17.5 Å². The van der Waals surface area contributed by atoms with Gasteiger partial charge in [0.05, 0.1) is 11.3 Å². The minimum Gasteiger partial charge on any atom is -0.315 e. The highest BCUT2D eigenvalue weighted by atomic mass is 32.2. The van der Waals surface area contributed by atoms with E-state index in [0.717, 1.165) is 28.6 Å². The zero-order valence-corrected chi connectivity index (χ0v) is 12.9. The number of thioether (sulfide) groups is 1. The summed E-state index contributed by atoms with van der Waals surface area (Å²) < 4.78 is 14.1. The molecule has 0 saturated heterocycles. The van der Waals surface area contributed by atoms with Crippen LogP contribution in [0.15, 0.2) is 23.1 Å². The summed E-state index contributed by atoms with van der Waals surface area (Å²) in [6, 6.07) is 5.18. The third kappa shape index (κ3) is 2.99. The maximum atomic E-state index is 14.1. The van der Waals surface area contributed by atoms with Crippen molar-refractivity contribution in [1.29, 1.82) is 0 Å². The van der Waals surface area contributed by atoms with Gasteiger partial charge in [-0.15, -0.1) is 23.1 Å². The Hall–Kier alpha value is -0.910. The molecule has 0 aliphatic carbocycles. The minimum absolute atomic E-state index is 0.195. The number of thiazole rings is 1. The molecular weight excluding hydrogens is 279 g/mol. The standard InChI is InChI=1S/C14H17FN2S2/c1-4-10-12(8-16-2)19-14(17-10)13-9(15)6-5-7-11(13)18-3/h5-7,16H,4,8H2,1-3H3. The summed E-state index contributed by atoms with van der Waals surface area (Å²) in [5.74, 6) is -0.195. The van der Waals surface area contributed by atoms with Crippen LogP contribution in [0.3, 0.4) is 0 Å². The molecule has 0 bridgehead atoms. The number of hydrogen-bond donors (Lipinski definition) is 1. The predicted octanol–water partition coefficient (Wildman–Crippen LogP) is 3.95. The van der Waals surface area contributed by atoms with Crippen molar-refractivity contribution in [3.8, 4) is 10.6 Å². The van der Waals surface area contributed by atoms with E-state index in [9.17, 15) is 4.39 Å². The van der Waals surface area contributed by atoms with Crippen LogP contribution in [0.2, 0.25) is 0 Å². The van der Waals surface area contributed by atoms with Crippen molar-refractivity contribution < 1.29 is 4.39 Å². The summed E-state index contributed by atoms with van der Waals surface area (Å²) in [5.41, 5.74) is 1.70. The Bertz CT molecular complexity index is 567. The van der Waals surface area contributed by atoms with Gasteiger partial charge in [-0.1, -0.05) is 13.0 Å². The van der Waals surface area contributed by atoms with Gasteiger partial charge in [0, 0.05) is 16.3 Å². The number of aryl methyl sites for hydroxylation is 1. The molecule has 0 spiro atoms. The number of rotatable bonds is 5. The molecule has 5 heteroatoms. The predicted molar refractivity (Wildman–Crippen MR) is 81.4 cm³/mol. The van der Waals surface area contributed by atoms with Crippen molar-refractivity contribution in [3.63, 3.8) is 0 Å². The Morgan fingerprint density at radius 3 is 2.84 bits per heavy atom. The number of halogens is 1. The fourth-order valence-electron chi connectivity index (χ4n) is 1.95. The molecule has 0 amide bonds. The van der Waals surface area contributed by atoms with E-state index in [-0.39, 0.29) is 5.82 Å². The molecule has 1 N–H and O–H groups in total. The second-order valence-corrected chi connectivity index (χ2v) is 6.02. The van der Waals surface area contributed by atoms with Crippen molar-refractivity contribution in [3.05, 3.63) is 34.6 Å². The van der Waals surface area contributed by atoms with Crippen LogP contribution in [0.5, 0.6) is 0 Å². The van der Waals surface area contributed by atoms with E-state index < -0.39 is 0 Å². The highest BCUT2D eigenvalue weighted by Gasteiger charge is 2.17. The second-order valence-electron chi connectivity index (χ2n) is 4.09. The number of nitrogens with zero attached hydrogens (tertiary/aromatic N) is 1. The largest absolute Gasteiger partial charge is 0.315 e. The lowest BCUT2D eigenvalue weighted by Gasteiger charge is -2.05. The van der Waals surface area contributed by atoms with Crippen LogP contribution in [0, 0.1) is 5.82 Å². The number of hydrogen-bond acceptors (Lipinski definition) is 4. The molecule has 1 aromatic carbocycles. The van der Waals surface area contributed by atoms with E-state index in [4.69, 9.17) is 0 Å². The van der Waals surface area contributed by atoms with Gasteiger partial charge in [-0.25, -0.2) is 9.37 Å². The van der Waals surface area contributed by atoms with Gasteiger partial charge in [0.15, 0.2) is 0 Å². The summed E-state index contributed by atoms with van der Waals surface area (Å²) in [4.78, 5) is 6.74. The molecule has 2 rings (SSSR count). The van der Waals surface area contributed by atoms with Crippen LogP contribution < -0.4 is 5.32 Å². The van der Waals surface area contributed by atoms with Gasteiger partial charge in [-0.3, -0.25) is 0 Å². The van der Waals surface area contributed by atoms with Crippen LogP contribution >= 0.6 is 23.1 Å². The Balaban J connectivity index is 2.53. The molecule has 0 aliphatic rings. The quantitative estimate of drug-likeness (QED) is 0.846. The first-order chi connectivity index (χ1) is 9.21. The average molecular weight is 296 g/mol. The zero-order valence-electron chi connectivity index (χ0n) is 11.3. The van der Waals surface area contributed by atoms with Crippen LogP contribution in [-0.2, 0) is 13.0 Å².